The van der Waals surface area contributed by atoms with Crippen LogP contribution in [0, 0.1) is 13.8 Å². The summed E-state index contributed by atoms with van der Waals surface area (Å²) in [5.41, 5.74) is 1.78. The van der Waals surface area contributed by atoms with Crippen molar-refractivity contribution in [2.75, 3.05) is 11.9 Å². The second-order valence-corrected chi connectivity index (χ2v) is 5.37. The summed E-state index contributed by atoms with van der Waals surface area (Å²) < 4.78 is 0. The van der Waals surface area contributed by atoms with E-state index in [0.717, 1.165) is 11.1 Å². The van der Waals surface area contributed by atoms with Crippen LogP contribution < -0.4 is 10.6 Å². The quantitative estimate of drug-likeness (QED) is 0.725. The first-order valence-corrected chi connectivity index (χ1v) is 7.20. The number of hydrogen-bond acceptors (Lipinski definition) is 3. The van der Waals surface area contributed by atoms with Crippen molar-refractivity contribution in [3.8, 4) is 0 Å². The fraction of sp³-hybridized carbons (Fsp3) is 0.500. The van der Waals surface area contributed by atoms with Crippen LogP contribution in [0.3, 0.4) is 0 Å². The van der Waals surface area contributed by atoms with Gasteiger partial charge in [-0.1, -0.05) is 19.9 Å². The fourth-order valence-electron chi connectivity index (χ4n) is 1.83. The molecule has 0 aromatic heterocycles. The predicted octanol–water partition coefficient (Wildman–Crippen LogP) is 1.91. The molecule has 1 aromatic rings. The van der Waals surface area contributed by atoms with Gasteiger partial charge in [0.05, 0.1) is 5.60 Å². The molecule has 0 saturated carbocycles. The number of amides is 2. The van der Waals surface area contributed by atoms with E-state index in [1.54, 1.807) is 6.07 Å². The summed E-state index contributed by atoms with van der Waals surface area (Å²) in [5.74, 6) is -1.47. The molecule has 21 heavy (non-hydrogen) atoms. The molecule has 0 radical (unpaired) electrons. The highest BCUT2D eigenvalue weighted by molar-refractivity contribution is 6.39. The molecule has 5 heteroatoms. The normalized spacial score (nSPS) is 11.1. The third kappa shape index (κ3) is 4.86. The lowest BCUT2D eigenvalue weighted by atomic mass is 9.98. The number of carbonyl (C=O) groups excluding carboxylic acids is 2. The van der Waals surface area contributed by atoms with Crippen molar-refractivity contribution in [2.45, 2.75) is 46.1 Å². The summed E-state index contributed by atoms with van der Waals surface area (Å²) in [4.78, 5) is 23.5. The van der Waals surface area contributed by atoms with Gasteiger partial charge in [0.25, 0.3) is 0 Å². The maximum Gasteiger partial charge on any atom is 0.313 e. The molecule has 3 N–H and O–H groups in total. The third-order valence-electron chi connectivity index (χ3n) is 3.87. The molecule has 0 aliphatic rings. The number of rotatable bonds is 5. The lowest BCUT2D eigenvalue weighted by Crippen LogP contribution is -2.45. The molecule has 0 spiro atoms. The van der Waals surface area contributed by atoms with Gasteiger partial charge in [0.15, 0.2) is 0 Å². The van der Waals surface area contributed by atoms with E-state index in [-0.39, 0.29) is 6.54 Å². The Morgan fingerprint density at radius 2 is 1.71 bits per heavy atom. The van der Waals surface area contributed by atoms with Crippen LogP contribution in [0.2, 0.25) is 0 Å². The van der Waals surface area contributed by atoms with Crippen molar-refractivity contribution in [3.05, 3.63) is 29.3 Å². The van der Waals surface area contributed by atoms with Crippen molar-refractivity contribution in [1.82, 2.24) is 5.32 Å². The molecule has 0 unspecified atom stereocenters. The van der Waals surface area contributed by atoms with Gasteiger partial charge in [0.2, 0.25) is 0 Å². The van der Waals surface area contributed by atoms with Crippen molar-refractivity contribution in [3.63, 3.8) is 0 Å². The molecule has 0 aliphatic carbocycles. The minimum atomic E-state index is -0.962. The van der Waals surface area contributed by atoms with Crippen molar-refractivity contribution < 1.29 is 14.7 Å². The lowest BCUT2D eigenvalue weighted by molar-refractivity contribution is -0.136. The average molecular weight is 292 g/mol. The Hall–Kier alpha value is -1.88. The van der Waals surface area contributed by atoms with Crippen molar-refractivity contribution >= 4 is 17.5 Å². The average Bonchev–Trinajstić information content (AvgIpc) is 2.48. The van der Waals surface area contributed by atoms with Gasteiger partial charge in [-0.3, -0.25) is 9.59 Å². The summed E-state index contributed by atoms with van der Waals surface area (Å²) in [6.07, 6.45) is 1.03. The van der Waals surface area contributed by atoms with E-state index in [4.69, 9.17) is 0 Å². The zero-order chi connectivity index (χ0) is 16.0. The van der Waals surface area contributed by atoms with E-state index in [2.05, 4.69) is 10.6 Å². The lowest BCUT2D eigenvalue weighted by Gasteiger charge is -2.25. The van der Waals surface area contributed by atoms with Crippen LogP contribution in [0.25, 0.3) is 0 Å². The van der Waals surface area contributed by atoms with Gasteiger partial charge in [-0.25, -0.2) is 0 Å². The highest BCUT2D eigenvalue weighted by atomic mass is 16.3. The molecule has 0 saturated heterocycles. The first-order valence-electron chi connectivity index (χ1n) is 7.20. The number of anilines is 1. The summed E-state index contributed by atoms with van der Waals surface area (Å²) in [7, 11) is 0. The Bertz CT molecular complexity index is 522. The molecular formula is C16H24N2O3. The van der Waals surface area contributed by atoms with Crippen LogP contribution in [0.1, 0.15) is 37.8 Å². The topological polar surface area (TPSA) is 78.4 Å². The van der Waals surface area contributed by atoms with Crippen LogP contribution in [0.5, 0.6) is 0 Å². The van der Waals surface area contributed by atoms with Gasteiger partial charge in [-0.2, -0.15) is 0 Å². The van der Waals surface area contributed by atoms with Gasteiger partial charge in [-0.15, -0.1) is 0 Å². The van der Waals surface area contributed by atoms with Gasteiger partial charge in [0, 0.05) is 12.2 Å². The second kappa shape index (κ2) is 7.22. The number of aliphatic hydroxyl groups is 1. The molecule has 0 atom stereocenters. The molecular weight excluding hydrogens is 268 g/mol. The Morgan fingerprint density at radius 1 is 1.10 bits per heavy atom. The molecule has 0 aliphatic heterocycles. The van der Waals surface area contributed by atoms with E-state index >= 15 is 0 Å². The number of aryl methyl sites for hydroxylation is 2. The third-order valence-corrected chi connectivity index (χ3v) is 3.87. The van der Waals surface area contributed by atoms with Crippen molar-refractivity contribution in [2.24, 2.45) is 0 Å². The SMILES string of the molecule is CCC(O)(CC)CNC(=O)C(=O)Nc1ccc(C)c(C)c1. The molecule has 1 aromatic carbocycles. The molecule has 5 nitrogen and oxygen atoms in total. The Morgan fingerprint density at radius 3 is 2.24 bits per heavy atom. The van der Waals surface area contributed by atoms with E-state index in [1.165, 1.54) is 0 Å². The molecule has 0 heterocycles. The van der Waals surface area contributed by atoms with Gasteiger partial charge in [-0.05, 0) is 49.9 Å². The molecule has 0 fully saturated rings. The monoisotopic (exact) mass is 292 g/mol. The standard InChI is InChI=1S/C16H24N2O3/c1-5-16(21,6-2)10-17-14(19)15(20)18-13-8-7-11(3)12(4)9-13/h7-9,21H,5-6,10H2,1-4H3,(H,17,19)(H,18,20). The van der Waals surface area contributed by atoms with Crippen molar-refractivity contribution in [1.29, 1.82) is 0 Å². The first kappa shape index (κ1) is 17.2. The van der Waals surface area contributed by atoms with Crippen LogP contribution >= 0.6 is 0 Å². The first-order chi connectivity index (χ1) is 9.81. The summed E-state index contributed by atoms with van der Waals surface area (Å²) in [6, 6.07) is 5.45. The van der Waals surface area contributed by atoms with Gasteiger partial charge in [0.1, 0.15) is 0 Å². The zero-order valence-electron chi connectivity index (χ0n) is 13.1. The van der Waals surface area contributed by atoms with Crippen LogP contribution in [0.4, 0.5) is 5.69 Å². The summed E-state index contributed by atoms with van der Waals surface area (Å²) in [6.45, 7) is 7.66. The van der Waals surface area contributed by atoms with E-state index in [9.17, 15) is 14.7 Å². The largest absolute Gasteiger partial charge is 0.388 e. The molecule has 0 bridgehead atoms. The number of benzene rings is 1. The smallest absolute Gasteiger partial charge is 0.313 e. The molecule has 1 rings (SSSR count). The minimum absolute atomic E-state index is 0.0686. The van der Waals surface area contributed by atoms with Gasteiger partial charge < -0.3 is 15.7 Å². The summed E-state index contributed by atoms with van der Waals surface area (Å²) in [5, 5.41) is 15.1. The van der Waals surface area contributed by atoms with Crippen LogP contribution in [0.15, 0.2) is 18.2 Å². The molecule has 116 valence electrons. The maximum absolute atomic E-state index is 11.8. The number of nitrogens with one attached hydrogen (secondary N) is 2. The Kier molecular flexibility index (Phi) is 5.90. The van der Waals surface area contributed by atoms with Crippen LogP contribution in [-0.2, 0) is 9.59 Å². The van der Waals surface area contributed by atoms with E-state index in [0.29, 0.717) is 18.5 Å². The highest BCUT2D eigenvalue weighted by Crippen LogP contribution is 2.14. The van der Waals surface area contributed by atoms with Gasteiger partial charge >= 0.3 is 11.8 Å². The zero-order valence-corrected chi connectivity index (χ0v) is 13.1. The minimum Gasteiger partial charge on any atom is -0.388 e. The highest BCUT2D eigenvalue weighted by Gasteiger charge is 2.24. The number of hydrogen-bond donors (Lipinski definition) is 3. The van der Waals surface area contributed by atoms with Crippen LogP contribution in [-0.4, -0.2) is 29.1 Å². The Balaban J connectivity index is 2.59. The van der Waals surface area contributed by atoms with E-state index in [1.807, 2.05) is 39.8 Å². The Labute approximate surface area is 125 Å². The maximum atomic E-state index is 11.8. The fourth-order valence-corrected chi connectivity index (χ4v) is 1.83. The van der Waals surface area contributed by atoms with E-state index < -0.39 is 17.4 Å². The predicted molar refractivity (Wildman–Crippen MR) is 83.1 cm³/mol. The number of carbonyl (C=O) groups is 2. The second-order valence-electron chi connectivity index (χ2n) is 5.37. The summed E-state index contributed by atoms with van der Waals surface area (Å²) >= 11 is 0. The molecule has 2 amide bonds.